The summed E-state index contributed by atoms with van der Waals surface area (Å²) in [6.07, 6.45) is 0. The molecule has 0 fully saturated rings. The molecule has 4 aromatic rings. The highest BCUT2D eigenvalue weighted by Gasteiger charge is 2.07. The Morgan fingerprint density at radius 3 is 2.39 bits per heavy atom. The van der Waals surface area contributed by atoms with Crippen LogP contribution in [0.3, 0.4) is 0 Å². The van der Waals surface area contributed by atoms with Crippen LogP contribution in [0.2, 0.25) is 0 Å². The van der Waals surface area contributed by atoms with E-state index in [-0.39, 0.29) is 0 Å². The van der Waals surface area contributed by atoms with E-state index in [4.69, 9.17) is 0 Å². The molecule has 3 aromatic carbocycles. The highest BCUT2D eigenvalue weighted by Crippen LogP contribution is 2.37. The molecular weight excluding hydrogens is 236 g/mol. The highest BCUT2D eigenvalue weighted by atomic mass is 32.1. The molecule has 0 saturated heterocycles. The van der Waals surface area contributed by atoms with Gasteiger partial charge in [0.25, 0.3) is 0 Å². The number of thiophene rings is 1. The Balaban J connectivity index is 2.27. The second-order valence-electron chi connectivity index (χ2n) is 4.75. The van der Waals surface area contributed by atoms with Crippen LogP contribution in [0.5, 0.6) is 0 Å². The Morgan fingerprint density at radius 1 is 0.778 bits per heavy atom. The van der Waals surface area contributed by atoms with E-state index in [1.165, 1.54) is 36.5 Å². The van der Waals surface area contributed by atoms with Crippen molar-refractivity contribution in [2.24, 2.45) is 0 Å². The van der Waals surface area contributed by atoms with Crippen molar-refractivity contribution >= 4 is 42.3 Å². The number of rotatable bonds is 0. The summed E-state index contributed by atoms with van der Waals surface area (Å²) in [4.78, 5) is 0. The van der Waals surface area contributed by atoms with Crippen LogP contribution in [0.4, 0.5) is 0 Å². The summed E-state index contributed by atoms with van der Waals surface area (Å²) in [5, 5.41) is 5.43. The average Bonchev–Trinajstić information content (AvgIpc) is 2.76. The first-order valence-electron chi connectivity index (χ1n) is 6.13. The molecule has 0 atom stereocenters. The average molecular weight is 248 g/mol. The topological polar surface area (TPSA) is 0 Å². The first kappa shape index (κ1) is 10.1. The van der Waals surface area contributed by atoms with Gasteiger partial charge in [0.15, 0.2) is 0 Å². The summed E-state index contributed by atoms with van der Waals surface area (Å²) in [5.41, 5.74) is 1.37. The van der Waals surface area contributed by atoms with Gasteiger partial charge in [0.05, 0.1) is 0 Å². The Kier molecular flexibility index (Phi) is 2.00. The van der Waals surface area contributed by atoms with Crippen molar-refractivity contribution in [2.75, 3.05) is 0 Å². The third-order valence-electron chi connectivity index (χ3n) is 3.56. The van der Waals surface area contributed by atoms with Crippen molar-refractivity contribution in [3.8, 4) is 0 Å². The summed E-state index contributed by atoms with van der Waals surface area (Å²) in [6.45, 7) is 2.19. The molecule has 1 heterocycles. The molecule has 18 heavy (non-hydrogen) atoms. The van der Waals surface area contributed by atoms with Crippen LogP contribution < -0.4 is 0 Å². The predicted molar refractivity (Wildman–Crippen MR) is 81.6 cm³/mol. The van der Waals surface area contributed by atoms with Gasteiger partial charge in [0.2, 0.25) is 0 Å². The monoisotopic (exact) mass is 248 g/mol. The summed E-state index contributed by atoms with van der Waals surface area (Å²) >= 11 is 1.90. The molecule has 0 radical (unpaired) electrons. The summed E-state index contributed by atoms with van der Waals surface area (Å²) < 4.78 is 2.81. The second kappa shape index (κ2) is 3.56. The Labute approximate surface area is 109 Å². The number of benzene rings is 3. The molecule has 0 aliphatic heterocycles. The van der Waals surface area contributed by atoms with Crippen LogP contribution >= 0.6 is 11.3 Å². The number of aryl methyl sites for hydroxylation is 1. The maximum Gasteiger partial charge on any atom is 0.0384 e. The standard InChI is InChI=1S/C17H12S/c1-11-5-4-8-14-15-9-12-6-2-3-7-13(12)10-16(15)18-17(11)14/h2-10H,1H3. The lowest BCUT2D eigenvalue weighted by atomic mass is 10.1. The fourth-order valence-corrected chi connectivity index (χ4v) is 3.83. The van der Waals surface area contributed by atoms with Crippen molar-refractivity contribution in [3.63, 3.8) is 0 Å². The molecule has 1 aromatic heterocycles. The maximum atomic E-state index is 2.32. The normalized spacial score (nSPS) is 11.6. The van der Waals surface area contributed by atoms with Crippen molar-refractivity contribution < 1.29 is 0 Å². The van der Waals surface area contributed by atoms with E-state index in [1.807, 2.05) is 11.3 Å². The third-order valence-corrected chi connectivity index (χ3v) is 4.87. The van der Waals surface area contributed by atoms with Gasteiger partial charge < -0.3 is 0 Å². The van der Waals surface area contributed by atoms with Gasteiger partial charge in [-0.15, -0.1) is 11.3 Å². The molecule has 0 amide bonds. The van der Waals surface area contributed by atoms with Gasteiger partial charge in [0, 0.05) is 20.2 Å². The summed E-state index contributed by atoms with van der Waals surface area (Å²) in [6, 6.07) is 19.8. The minimum absolute atomic E-state index is 1.33. The van der Waals surface area contributed by atoms with Crippen molar-refractivity contribution in [1.29, 1.82) is 0 Å². The zero-order valence-electron chi connectivity index (χ0n) is 10.1. The quantitative estimate of drug-likeness (QED) is 0.384. The van der Waals surface area contributed by atoms with E-state index < -0.39 is 0 Å². The Morgan fingerprint density at radius 2 is 1.56 bits per heavy atom. The summed E-state index contributed by atoms with van der Waals surface area (Å²) in [5.74, 6) is 0. The van der Waals surface area contributed by atoms with Crippen LogP contribution in [-0.4, -0.2) is 0 Å². The van der Waals surface area contributed by atoms with Crippen LogP contribution in [0.15, 0.2) is 54.6 Å². The molecule has 0 aliphatic carbocycles. The van der Waals surface area contributed by atoms with Crippen molar-refractivity contribution in [3.05, 3.63) is 60.2 Å². The SMILES string of the molecule is Cc1cccc2c1sc1cc3ccccc3cc12. The minimum Gasteiger partial charge on any atom is -0.135 e. The Hall–Kier alpha value is -1.86. The highest BCUT2D eigenvalue weighted by molar-refractivity contribution is 7.26. The molecule has 86 valence electrons. The first-order valence-corrected chi connectivity index (χ1v) is 6.95. The van der Waals surface area contributed by atoms with E-state index in [0.717, 1.165) is 0 Å². The van der Waals surface area contributed by atoms with Crippen LogP contribution in [-0.2, 0) is 0 Å². The van der Waals surface area contributed by atoms with Crippen LogP contribution in [0.25, 0.3) is 30.9 Å². The fourth-order valence-electron chi connectivity index (χ4n) is 2.62. The smallest absolute Gasteiger partial charge is 0.0384 e. The van der Waals surface area contributed by atoms with Gasteiger partial charge in [-0.05, 0) is 35.4 Å². The lowest BCUT2D eigenvalue weighted by Crippen LogP contribution is -1.72. The van der Waals surface area contributed by atoms with Crippen molar-refractivity contribution in [1.82, 2.24) is 0 Å². The maximum absolute atomic E-state index is 2.32. The minimum atomic E-state index is 1.33. The number of hydrogen-bond acceptors (Lipinski definition) is 1. The van der Waals surface area contributed by atoms with E-state index in [2.05, 4.69) is 61.5 Å². The van der Waals surface area contributed by atoms with E-state index in [1.54, 1.807) is 0 Å². The van der Waals surface area contributed by atoms with Gasteiger partial charge in [-0.2, -0.15) is 0 Å². The lowest BCUT2D eigenvalue weighted by molar-refractivity contribution is 1.56. The van der Waals surface area contributed by atoms with E-state index >= 15 is 0 Å². The van der Waals surface area contributed by atoms with Crippen molar-refractivity contribution in [2.45, 2.75) is 6.92 Å². The molecule has 0 saturated carbocycles. The van der Waals surface area contributed by atoms with Gasteiger partial charge in [0.1, 0.15) is 0 Å². The van der Waals surface area contributed by atoms with Crippen LogP contribution in [0, 0.1) is 6.92 Å². The van der Waals surface area contributed by atoms with Gasteiger partial charge in [-0.1, -0.05) is 42.5 Å². The molecule has 0 spiro atoms. The molecular formula is C17H12S. The Bertz CT molecular complexity index is 884. The third kappa shape index (κ3) is 1.31. The van der Waals surface area contributed by atoms with Crippen LogP contribution in [0.1, 0.15) is 5.56 Å². The predicted octanol–water partition coefficient (Wildman–Crippen LogP) is 5.52. The molecule has 1 heteroatoms. The second-order valence-corrected chi connectivity index (χ2v) is 5.80. The van der Waals surface area contributed by atoms with E-state index in [9.17, 15) is 0 Å². The van der Waals surface area contributed by atoms with Gasteiger partial charge >= 0.3 is 0 Å². The molecule has 0 aliphatic rings. The number of fused-ring (bicyclic) bond motifs is 4. The molecule has 4 rings (SSSR count). The zero-order valence-corrected chi connectivity index (χ0v) is 10.9. The lowest BCUT2D eigenvalue weighted by Gasteiger charge is -1.98. The number of hydrogen-bond donors (Lipinski definition) is 0. The molecule has 0 nitrogen and oxygen atoms in total. The fraction of sp³-hybridized carbons (Fsp3) is 0.0588. The molecule has 0 unspecified atom stereocenters. The summed E-state index contributed by atoms with van der Waals surface area (Å²) in [7, 11) is 0. The molecule has 0 bridgehead atoms. The zero-order chi connectivity index (χ0) is 12.1. The van der Waals surface area contributed by atoms with Gasteiger partial charge in [-0.25, -0.2) is 0 Å². The largest absolute Gasteiger partial charge is 0.135 e. The van der Waals surface area contributed by atoms with E-state index in [0.29, 0.717) is 0 Å². The molecule has 0 N–H and O–H groups in total. The first-order chi connectivity index (χ1) is 8.83. The van der Waals surface area contributed by atoms with Gasteiger partial charge in [-0.3, -0.25) is 0 Å².